The van der Waals surface area contributed by atoms with Crippen molar-refractivity contribution in [3.05, 3.63) is 0 Å². The lowest BCUT2D eigenvalue weighted by molar-refractivity contribution is 0.270. The normalized spacial score (nSPS) is 38.0. The minimum absolute atomic E-state index is 0.241. The van der Waals surface area contributed by atoms with Gasteiger partial charge in [0.15, 0.2) is 0 Å². The van der Waals surface area contributed by atoms with E-state index in [0.717, 1.165) is 12.2 Å². The van der Waals surface area contributed by atoms with E-state index < -0.39 is 5.77 Å². The largest absolute Gasteiger partial charge is 0.314 e. The van der Waals surface area contributed by atoms with Crippen molar-refractivity contribution in [1.29, 1.82) is 0 Å². The third-order valence-corrected chi connectivity index (χ3v) is 8.63. The molecule has 0 amide bonds. The van der Waals surface area contributed by atoms with Crippen LogP contribution in [0.25, 0.3) is 0 Å². The Bertz CT molecular complexity index is 223. The highest BCUT2D eigenvalue weighted by Crippen LogP contribution is 2.71. The first kappa shape index (κ1) is 9.54. The molecule has 2 atom stereocenters. The van der Waals surface area contributed by atoms with Crippen LogP contribution in [0.4, 0.5) is 0 Å². The molecular formula is C6H9O2PS2. The summed E-state index contributed by atoms with van der Waals surface area (Å²) in [6.45, 7) is 0. The number of hydrogen-bond donors (Lipinski definition) is 0. The lowest BCUT2D eigenvalue weighted by Crippen LogP contribution is -2.12. The van der Waals surface area contributed by atoms with Gasteiger partial charge in [-0.15, -0.1) is 6.42 Å². The fraction of sp³-hybridized carbons (Fsp3) is 0.667. The van der Waals surface area contributed by atoms with E-state index in [9.17, 15) is 4.57 Å². The highest BCUT2D eigenvalue weighted by molar-refractivity contribution is 8.89. The first-order chi connectivity index (χ1) is 5.20. The first-order valence-electron chi connectivity index (χ1n) is 3.15. The smallest absolute Gasteiger partial charge is 0.297 e. The van der Waals surface area contributed by atoms with Gasteiger partial charge < -0.3 is 0 Å². The van der Waals surface area contributed by atoms with Gasteiger partial charge in [0.25, 0.3) is 0 Å². The predicted octanol–water partition coefficient (Wildman–Crippen LogP) is 2.61. The summed E-state index contributed by atoms with van der Waals surface area (Å²) < 4.78 is 16.8. The molecule has 1 heterocycles. The molecule has 0 aromatic carbocycles. The van der Waals surface area contributed by atoms with Crippen molar-refractivity contribution in [2.75, 3.05) is 12.0 Å². The van der Waals surface area contributed by atoms with Crippen LogP contribution in [0.5, 0.6) is 0 Å². The van der Waals surface area contributed by atoms with Crippen LogP contribution in [0, 0.1) is 12.3 Å². The highest BCUT2D eigenvalue weighted by Gasteiger charge is 2.31. The summed E-state index contributed by atoms with van der Waals surface area (Å²) in [5.41, 5.74) is 0. The number of hydrogen-bond acceptors (Lipinski definition) is 4. The molecule has 0 bridgehead atoms. The quantitative estimate of drug-likeness (QED) is 0.489. The second-order valence-corrected chi connectivity index (χ2v) is 9.60. The lowest BCUT2D eigenvalue weighted by Gasteiger charge is -2.24. The monoisotopic (exact) mass is 208 g/mol. The van der Waals surface area contributed by atoms with Crippen molar-refractivity contribution in [2.45, 2.75) is 12.5 Å². The predicted molar refractivity (Wildman–Crippen MR) is 51.9 cm³/mol. The van der Waals surface area contributed by atoms with Crippen LogP contribution in [-0.4, -0.2) is 18.1 Å². The molecule has 0 aliphatic carbocycles. The average molecular weight is 208 g/mol. The zero-order valence-corrected chi connectivity index (χ0v) is 8.68. The molecule has 0 radical (unpaired) electrons. The van der Waals surface area contributed by atoms with Crippen molar-refractivity contribution in [1.82, 2.24) is 0 Å². The van der Waals surface area contributed by atoms with Gasteiger partial charge in [0, 0.05) is 5.75 Å². The van der Waals surface area contributed by atoms with Crippen LogP contribution in [0.2, 0.25) is 0 Å². The summed E-state index contributed by atoms with van der Waals surface area (Å²) in [5.74, 6) is 0.836. The van der Waals surface area contributed by atoms with E-state index in [4.69, 9.17) is 10.9 Å². The minimum Gasteiger partial charge on any atom is -0.297 e. The van der Waals surface area contributed by atoms with E-state index in [1.54, 1.807) is 6.26 Å². The van der Waals surface area contributed by atoms with Gasteiger partial charge in [0.1, 0.15) is 6.10 Å². The van der Waals surface area contributed by atoms with Gasteiger partial charge >= 0.3 is 5.77 Å². The molecule has 0 aromatic heterocycles. The number of rotatable bonds is 1. The SMILES string of the molecule is C#CC1CCSP(=O)(SC)O1. The molecule has 1 rings (SSSR count). The van der Waals surface area contributed by atoms with Gasteiger partial charge in [0.2, 0.25) is 0 Å². The first-order valence-corrected chi connectivity index (χ1v) is 8.19. The molecule has 1 fully saturated rings. The highest BCUT2D eigenvalue weighted by atomic mass is 33.1. The third-order valence-electron chi connectivity index (χ3n) is 1.30. The van der Waals surface area contributed by atoms with Crippen molar-refractivity contribution in [3.8, 4) is 12.3 Å². The second kappa shape index (κ2) is 3.91. The van der Waals surface area contributed by atoms with Gasteiger partial charge in [-0.05, 0) is 12.7 Å². The summed E-state index contributed by atoms with van der Waals surface area (Å²) in [5, 5.41) is 0. The van der Waals surface area contributed by atoms with Crippen LogP contribution in [-0.2, 0) is 9.09 Å². The molecule has 11 heavy (non-hydrogen) atoms. The van der Waals surface area contributed by atoms with Crippen molar-refractivity contribution < 1.29 is 9.09 Å². The summed E-state index contributed by atoms with van der Waals surface area (Å²) in [6, 6.07) is 0. The molecule has 1 aliphatic rings. The van der Waals surface area contributed by atoms with E-state index in [1.165, 1.54) is 22.8 Å². The van der Waals surface area contributed by atoms with Crippen molar-refractivity contribution in [2.24, 2.45) is 0 Å². The molecule has 0 N–H and O–H groups in total. The topological polar surface area (TPSA) is 26.3 Å². The Labute approximate surface area is 74.8 Å². The molecule has 1 aliphatic heterocycles. The second-order valence-electron chi connectivity index (χ2n) is 2.01. The molecular weight excluding hydrogens is 199 g/mol. The average Bonchev–Trinajstić information content (AvgIpc) is 2.05. The van der Waals surface area contributed by atoms with Crippen LogP contribution in [0.15, 0.2) is 0 Å². The van der Waals surface area contributed by atoms with Crippen molar-refractivity contribution >= 4 is 28.5 Å². The molecule has 0 spiro atoms. The zero-order chi connectivity index (χ0) is 8.32. The molecule has 2 unspecified atom stereocenters. The maximum atomic E-state index is 11.6. The van der Waals surface area contributed by atoms with Crippen molar-refractivity contribution in [3.63, 3.8) is 0 Å². The molecule has 62 valence electrons. The van der Waals surface area contributed by atoms with Crippen LogP contribution < -0.4 is 0 Å². The third kappa shape index (κ3) is 2.45. The van der Waals surface area contributed by atoms with E-state index in [-0.39, 0.29) is 6.10 Å². The van der Waals surface area contributed by atoms with E-state index in [1.807, 2.05) is 0 Å². The molecule has 2 nitrogen and oxygen atoms in total. The lowest BCUT2D eigenvalue weighted by atomic mass is 10.3. The summed E-state index contributed by atoms with van der Waals surface area (Å²) in [7, 11) is 0. The van der Waals surface area contributed by atoms with Gasteiger partial charge in [-0.2, -0.15) is 0 Å². The van der Waals surface area contributed by atoms with E-state index >= 15 is 0 Å². The maximum absolute atomic E-state index is 11.6. The Kier molecular flexibility index (Phi) is 3.39. The zero-order valence-electron chi connectivity index (χ0n) is 6.15. The minimum atomic E-state index is -2.48. The van der Waals surface area contributed by atoms with Gasteiger partial charge in [0.05, 0.1) is 0 Å². The van der Waals surface area contributed by atoms with Crippen LogP contribution in [0.1, 0.15) is 6.42 Å². The molecule has 5 heteroatoms. The molecule has 1 saturated heterocycles. The fourth-order valence-corrected chi connectivity index (χ4v) is 5.98. The summed E-state index contributed by atoms with van der Waals surface area (Å²) >= 11 is 2.65. The van der Waals surface area contributed by atoms with Crippen LogP contribution >= 0.6 is 28.5 Å². The Morgan fingerprint density at radius 3 is 3.18 bits per heavy atom. The summed E-state index contributed by atoms with van der Waals surface area (Å²) in [4.78, 5) is 0. The summed E-state index contributed by atoms with van der Waals surface area (Å²) in [6.07, 6.45) is 7.52. The Hall–Kier alpha value is 0.450. The number of terminal acetylenes is 1. The van der Waals surface area contributed by atoms with Gasteiger partial charge in [-0.1, -0.05) is 28.7 Å². The van der Waals surface area contributed by atoms with Crippen LogP contribution in [0.3, 0.4) is 0 Å². The Morgan fingerprint density at radius 2 is 2.64 bits per heavy atom. The fourth-order valence-electron chi connectivity index (χ4n) is 0.720. The molecule has 0 saturated carbocycles. The van der Waals surface area contributed by atoms with Gasteiger partial charge in [-0.25, -0.2) is 0 Å². The molecule has 0 aromatic rings. The van der Waals surface area contributed by atoms with Gasteiger partial charge in [-0.3, -0.25) is 9.09 Å². The standard InChI is InChI=1S/C6H9O2PS2/c1-3-6-4-5-11-9(7,8-6)10-2/h1,6H,4-5H2,2H3. The van der Waals surface area contributed by atoms with E-state index in [0.29, 0.717) is 0 Å². The Balaban J connectivity index is 2.61. The maximum Gasteiger partial charge on any atom is 0.314 e. The Morgan fingerprint density at radius 1 is 1.91 bits per heavy atom. The van der Waals surface area contributed by atoms with E-state index in [2.05, 4.69) is 5.92 Å².